The van der Waals surface area contributed by atoms with E-state index in [-0.39, 0.29) is 11.7 Å². The Morgan fingerprint density at radius 2 is 1.50 bits per heavy atom. The molecule has 0 fully saturated rings. The third kappa shape index (κ3) is 7.16. The molecule has 0 amide bonds. The largest absolute Gasteiger partial charge is 0.393 e. The molecule has 0 spiro atoms. The van der Waals surface area contributed by atoms with E-state index in [0.29, 0.717) is 5.56 Å². The van der Waals surface area contributed by atoms with Gasteiger partial charge in [-0.3, -0.25) is 0 Å². The van der Waals surface area contributed by atoms with E-state index < -0.39 is 12.6 Å². The smallest absolute Gasteiger partial charge is 0.207 e. The Bertz CT molecular complexity index is 924. The molecule has 0 nitrogen and oxygen atoms in total. The predicted octanol–water partition coefficient (Wildman–Crippen LogP) is 8.79. The van der Waals surface area contributed by atoms with Crippen LogP contribution in [0.5, 0.6) is 0 Å². The van der Waals surface area contributed by atoms with Crippen molar-refractivity contribution in [1.29, 1.82) is 0 Å². The van der Waals surface area contributed by atoms with Gasteiger partial charge < -0.3 is 0 Å². The molecular formula is C26H32F4. The Kier molecular flexibility index (Phi) is 10.0. The zero-order valence-corrected chi connectivity index (χ0v) is 18.7. The van der Waals surface area contributed by atoms with Crippen LogP contribution in [0.25, 0.3) is 10.8 Å². The van der Waals surface area contributed by atoms with Crippen LogP contribution in [-0.2, 0) is 12.8 Å². The first-order valence-corrected chi connectivity index (χ1v) is 10.4. The first-order chi connectivity index (χ1) is 14.1. The summed E-state index contributed by atoms with van der Waals surface area (Å²) in [5.74, 6) is 0.0443. The number of rotatable bonds is 3. The normalized spacial score (nSPS) is 10.9. The number of fused-ring (bicyclic) bond motifs is 1. The van der Waals surface area contributed by atoms with Gasteiger partial charge in [-0.1, -0.05) is 83.1 Å². The summed E-state index contributed by atoms with van der Waals surface area (Å²) >= 11 is 0. The monoisotopic (exact) mass is 420 g/mol. The van der Waals surface area contributed by atoms with E-state index in [1.54, 1.807) is 30.3 Å². The van der Waals surface area contributed by atoms with E-state index in [2.05, 4.69) is 0 Å². The van der Waals surface area contributed by atoms with Gasteiger partial charge in [0, 0.05) is 0 Å². The van der Waals surface area contributed by atoms with E-state index in [1.807, 2.05) is 65.8 Å². The van der Waals surface area contributed by atoms with E-state index in [0.717, 1.165) is 33.9 Å². The Labute approximate surface area is 177 Å². The fraction of sp³-hybridized carbons (Fsp3) is 0.385. The zero-order valence-electron chi connectivity index (χ0n) is 18.7. The summed E-state index contributed by atoms with van der Waals surface area (Å²) in [6, 6.07) is 16.2. The maximum Gasteiger partial charge on any atom is 0.393 e. The van der Waals surface area contributed by atoms with Crippen molar-refractivity contribution in [3.8, 4) is 0 Å². The van der Waals surface area contributed by atoms with Gasteiger partial charge in [0.2, 0.25) is 0 Å². The topological polar surface area (TPSA) is 0 Å². The maximum absolute atomic E-state index is 13.5. The summed E-state index contributed by atoms with van der Waals surface area (Å²) in [6.07, 6.45) is -4.21. The highest BCUT2D eigenvalue weighted by Crippen LogP contribution is 2.27. The molecule has 3 aromatic carbocycles. The lowest BCUT2D eigenvalue weighted by Gasteiger charge is -2.13. The summed E-state index contributed by atoms with van der Waals surface area (Å²) < 4.78 is 50.1. The van der Waals surface area contributed by atoms with Crippen LogP contribution in [0.4, 0.5) is 17.6 Å². The van der Waals surface area contributed by atoms with Gasteiger partial charge in [-0.25, -0.2) is 4.39 Å². The molecule has 0 saturated heterocycles. The third-order valence-electron chi connectivity index (χ3n) is 4.73. The third-order valence-corrected chi connectivity index (χ3v) is 4.73. The van der Waals surface area contributed by atoms with Crippen LogP contribution in [-0.4, -0.2) is 6.18 Å². The van der Waals surface area contributed by atoms with Crippen LogP contribution in [0.1, 0.15) is 62.8 Å². The van der Waals surface area contributed by atoms with Gasteiger partial charge >= 0.3 is 6.18 Å². The Hall–Kier alpha value is -2.36. The quantitative estimate of drug-likeness (QED) is 0.371. The summed E-state index contributed by atoms with van der Waals surface area (Å²) in [5, 5.41) is 2.21. The van der Waals surface area contributed by atoms with E-state index >= 15 is 0 Å². The molecule has 0 bridgehead atoms. The summed E-state index contributed by atoms with van der Waals surface area (Å²) in [5.41, 5.74) is 3.15. The second kappa shape index (κ2) is 11.7. The number of benzene rings is 3. The predicted molar refractivity (Wildman–Crippen MR) is 120 cm³/mol. The molecule has 30 heavy (non-hydrogen) atoms. The van der Waals surface area contributed by atoms with Crippen molar-refractivity contribution in [3.05, 3.63) is 82.7 Å². The van der Waals surface area contributed by atoms with Crippen molar-refractivity contribution >= 4 is 10.8 Å². The average molecular weight is 421 g/mol. The minimum Gasteiger partial charge on any atom is -0.207 e. The van der Waals surface area contributed by atoms with Gasteiger partial charge in [-0.15, -0.1) is 0 Å². The van der Waals surface area contributed by atoms with Gasteiger partial charge in [0.05, 0.1) is 6.42 Å². The summed E-state index contributed by atoms with van der Waals surface area (Å²) in [7, 11) is 0. The Balaban J connectivity index is 0.000000277. The standard InChI is InChI=1S/C13H13F.C11H13F3.C2H6/c1-3-11-12(14)8-7-10-6-4-5-9(2)13(10)11;1-8(2)10-6-4-3-5-9(10)7-11(12,13)14;1-2/h4-8H,3H2,1-2H3;3-6,8H,7H2,1-2H3;1-2H3. The fourth-order valence-corrected chi connectivity index (χ4v) is 3.44. The van der Waals surface area contributed by atoms with Gasteiger partial charge in [-0.2, -0.15) is 13.2 Å². The van der Waals surface area contributed by atoms with E-state index in [9.17, 15) is 17.6 Å². The molecule has 0 atom stereocenters. The second-order valence-electron chi connectivity index (χ2n) is 7.20. The molecule has 0 heterocycles. The molecule has 0 aliphatic heterocycles. The van der Waals surface area contributed by atoms with Crippen LogP contribution < -0.4 is 0 Å². The molecule has 3 rings (SSSR count). The molecule has 4 heteroatoms. The van der Waals surface area contributed by atoms with Gasteiger partial charge in [0.1, 0.15) is 5.82 Å². The molecule has 0 aromatic heterocycles. The van der Waals surface area contributed by atoms with Crippen molar-refractivity contribution < 1.29 is 17.6 Å². The highest BCUT2D eigenvalue weighted by molar-refractivity contribution is 5.88. The van der Waals surface area contributed by atoms with Gasteiger partial charge in [0.15, 0.2) is 0 Å². The molecule has 0 N–H and O–H groups in total. The molecule has 0 unspecified atom stereocenters. The Morgan fingerprint density at radius 1 is 0.867 bits per heavy atom. The first-order valence-electron chi connectivity index (χ1n) is 10.4. The number of halogens is 4. The number of alkyl halides is 3. The SMILES string of the molecule is CC.CC(C)c1ccccc1CC(F)(F)F.CCc1c(F)ccc2cccc(C)c12. The van der Waals surface area contributed by atoms with Crippen LogP contribution in [0.2, 0.25) is 0 Å². The molecular weight excluding hydrogens is 388 g/mol. The minimum absolute atomic E-state index is 0.0886. The lowest BCUT2D eigenvalue weighted by molar-refractivity contribution is -0.127. The van der Waals surface area contributed by atoms with Crippen LogP contribution in [0, 0.1) is 12.7 Å². The van der Waals surface area contributed by atoms with Gasteiger partial charge in [-0.05, 0) is 58.4 Å². The maximum atomic E-state index is 13.5. The molecule has 0 radical (unpaired) electrons. The second-order valence-corrected chi connectivity index (χ2v) is 7.20. The summed E-state index contributed by atoms with van der Waals surface area (Å²) in [6.45, 7) is 11.8. The lowest BCUT2D eigenvalue weighted by Crippen LogP contribution is -2.13. The van der Waals surface area contributed by atoms with E-state index in [4.69, 9.17) is 0 Å². The molecule has 0 saturated carbocycles. The van der Waals surface area contributed by atoms with Crippen molar-refractivity contribution in [1.82, 2.24) is 0 Å². The molecule has 0 aliphatic rings. The van der Waals surface area contributed by atoms with Gasteiger partial charge in [0.25, 0.3) is 0 Å². The minimum atomic E-state index is -4.12. The van der Waals surface area contributed by atoms with E-state index in [1.165, 1.54) is 0 Å². The summed E-state index contributed by atoms with van der Waals surface area (Å²) in [4.78, 5) is 0. The average Bonchev–Trinajstić information content (AvgIpc) is 2.69. The Morgan fingerprint density at radius 3 is 2.07 bits per heavy atom. The highest BCUT2D eigenvalue weighted by atomic mass is 19.4. The van der Waals surface area contributed by atoms with Crippen LogP contribution >= 0.6 is 0 Å². The zero-order chi connectivity index (χ0) is 22.9. The van der Waals surface area contributed by atoms with Crippen LogP contribution in [0.3, 0.4) is 0 Å². The van der Waals surface area contributed by atoms with Crippen molar-refractivity contribution in [2.45, 2.75) is 66.5 Å². The van der Waals surface area contributed by atoms with Crippen molar-refractivity contribution in [2.24, 2.45) is 0 Å². The molecule has 164 valence electrons. The number of hydrogen-bond acceptors (Lipinski definition) is 0. The first kappa shape index (κ1) is 25.7. The fourth-order valence-electron chi connectivity index (χ4n) is 3.44. The van der Waals surface area contributed by atoms with Crippen molar-refractivity contribution in [2.75, 3.05) is 0 Å². The van der Waals surface area contributed by atoms with Crippen LogP contribution in [0.15, 0.2) is 54.6 Å². The number of hydrogen-bond donors (Lipinski definition) is 0. The number of aryl methyl sites for hydroxylation is 2. The highest BCUT2D eigenvalue weighted by Gasteiger charge is 2.28. The molecule has 0 aliphatic carbocycles. The molecule has 3 aromatic rings. The lowest BCUT2D eigenvalue weighted by atomic mass is 9.95. The van der Waals surface area contributed by atoms with Crippen molar-refractivity contribution in [3.63, 3.8) is 0 Å².